The van der Waals surface area contributed by atoms with Gasteiger partial charge >= 0.3 is 12.2 Å². The Labute approximate surface area is 346 Å². The number of halogens is 2. The average Bonchev–Trinajstić information content (AvgIpc) is 3.22. The van der Waals surface area contributed by atoms with E-state index in [0.717, 1.165) is 16.7 Å². The van der Waals surface area contributed by atoms with Gasteiger partial charge in [-0.25, -0.2) is 9.59 Å². The molecule has 0 saturated heterocycles. The molecule has 5 rings (SSSR count). The molecule has 0 radical (unpaired) electrons. The van der Waals surface area contributed by atoms with Crippen molar-refractivity contribution in [2.75, 3.05) is 13.1 Å². The highest BCUT2D eigenvalue weighted by atomic mass is 35.5. The third kappa shape index (κ3) is 13.4. The lowest BCUT2D eigenvalue weighted by Gasteiger charge is -2.33. The van der Waals surface area contributed by atoms with Crippen molar-refractivity contribution in [2.45, 2.75) is 44.4 Å². The number of nitrogens with zero attached hydrogens (tertiary/aromatic N) is 2. The zero-order valence-electron chi connectivity index (χ0n) is 31.4. The summed E-state index contributed by atoms with van der Waals surface area (Å²) in [5.41, 5.74) is 9.63. The molecule has 12 nitrogen and oxygen atoms in total. The van der Waals surface area contributed by atoms with Crippen molar-refractivity contribution in [3.05, 3.63) is 171 Å². The maximum absolute atomic E-state index is 14.8. The van der Waals surface area contributed by atoms with Gasteiger partial charge in [0.25, 0.3) is 0 Å². The predicted molar refractivity (Wildman–Crippen MR) is 222 cm³/mol. The van der Waals surface area contributed by atoms with E-state index in [1.165, 1.54) is 4.90 Å². The fourth-order valence-corrected chi connectivity index (χ4v) is 6.29. The van der Waals surface area contributed by atoms with Gasteiger partial charge in [-0.15, -0.1) is 0 Å². The number of alkyl carbamates (subject to hydrolysis) is 2. The Hall–Kier alpha value is -6.37. The number of guanidine groups is 1. The van der Waals surface area contributed by atoms with Crippen LogP contribution in [-0.2, 0) is 38.7 Å². The van der Waals surface area contributed by atoms with E-state index >= 15 is 0 Å². The number of rotatable bonds is 16. The SMILES string of the molecule is NC(=O)[C@@H](CCCN=C(NC(=O)OCc1ccccc1)NC(=O)OCc1ccccc1)N(CCc1ccc(O)cc1)C(=O)C(c1ccc(Cl)cc1)c1ccc(Cl)cc1. The Kier molecular flexibility index (Phi) is 16.1. The predicted octanol–water partition coefficient (Wildman–Crippen LogP) is 7.75. The zero-order valence-corrected chi connectivity index (χ0v) is 32.9. The summed E-state index contributed by atoms with van der Waals surface area (Å²) in [5, 5.41) is 15.7. The van der Waals surface area contributed by atoms with Gasteiger partial charge in [0.05, 0.1) is 5.92 Å². The molecule has 0 aliphatic carbocycles. The van der Waals surface area contributed by atoms with Crippen LogP contribution in [0.2, 0.25) is 10.0 Å². The van der Waals surface area contributed by atoms with Crippen LogP contribution in [0.15, 0.2) is 138 Å². The number of benzene rings is 5. The standard InChI is InChI=1S/C44H43Cl2N5O7/c45-35-19-15-33(16-20-35)39(34-17-21-36(46)22-18-34)41(54)51(27-25-30-13-23-37(52)24-14-30)38(40(47)53)12-7-26-48-42(49-43(55)57-28-31-8-3-1-4-9-31)50-44(56)58-29-32-10-5-2-6-11-32/h1-6,8-11,13-24,38-39,52H,7,12,25-29H2,(H2,47,53)(H2,48,49,50,55,56)/t38-/m1/s1. The van der Waals surface area contributed by atoms with Crippen molar-refractivity contribution < 1.29 is 33.8 Å². The van der Waals surface area contributed by atoms with E-state index < -0.39 is 30.1 Å². The maximum atomic E-state index is 14.8. The van der Waals surface area contributed by atoms with Gasteiger partial charge in [0.15, 0.2) is 0 Å². The van der Waals surface area contributed by atoms with Gasteiger partial charge in [0.1, 0.15) is 25.0 Å². The number of nitrogens with two attached hydrogens (primary N) is 1. The number of aliphatic imine (C=N–C) groups is 1. The molecule has 5 N–H and O–H groups in total. The van der Waals surface area contributed by atoms with Crippen LogP contribution in [0.5, 0.6) is 5.75 Å². The Morgan fingerprint density at radius 1 is 0.672 bits per heavy atom. The number of hydrogen-bond acceptors (Lipinski definition) is 8. The molecule has 5 aromatic carbocycles. The number of hydrogen-bond donors (Lipinski definition) is 4. The lowest BCUT2D eigenvalue weighted by molar-refractivity contribution is -0.140. The molecular weight excluding hydrogens is 781 g/mol. The minimum Gasteiger partial charge on any atom is -0.508 e. The van der Waals surface area contributed by atoms with Crippen LogP contribution < -0.4 is 16.4 Å². The van der Waals surface area contributed by atoms with Gasteiger partial charge in [-0.05, 0) is 83.5 Å². The molecule has 58 heavy (non-hydrogen) atoms. The number of phenolic OH excluding ortho intramolecular Hbond substituents is 1. The number of phenols is 1. The first kappa shape index (κ1) is 42.8. The van der Waals surface area contributed by atoms with Gasteiger partial charge in [0.2, 0.25) is 17.8 Å². The van der Waals surface area contributed by atoms with Crippen molar-refractivity contribution in [3.63, 3.8) is 0 Å². The quantitative estimate of drug-likeness (QED) is 0.0448. The molecule has 0 aromatic heterocycles. The zero-order chi connectivity index (χ0) is 41.3. The van der Waals surface area contributed by atoms with Crippen LogP contribution in [0.4, 0.5) is 9.59 Å². The molecule has 0 aliphatic rings. The molecule has 5 aromatic rings. The van der Waals surface area contributed by atoms with Crippen molar-refractivity contribution in [1.82, 2.24) is 15.5 Å². The van der Waals surface area contributed by atoms with Gasteiger partial charge in [-0.2, -0.15) is 0 Å². The first-order valence-electron chi connectivity index (χ1n) is 18.4. The number of carbonyl (C=O) groups is 4. The van der Waals surface area contributed by atoms with E-state index in [1.54, 1.807) is 97.1 Å². The van der Waals surface area contributed by atoms with Gasteiger partial charge < -0.3 is 25.2 Å². The molecule has 0 unspecified atom stereocenters. The van der Waals surface area contributed by atoms with Gasteiger partial charge in [0, 0.05) is 23.1 Å². The molecule has 0 heterocycles. The first-order chi connectivity index (χ1) is 28.0. The lowest BCUT2D eigenvalue weighted by Crippen LogP contribution is -2.50. The summed E-state index contributed by atoms with van der Waals surface area (Å²) in [5.74, 6) is -2.12. The highest BCUT2D eigenvalue weighted by Gasteiger charge is 2.34. The topological polar surface area (TPSA) is 173 Å². The molecule has 0 spiro atoms. The van der Waals surface area contributed by atoms with Crippen LogP contribution in [0.1, 0.15) is 46.6 Å². The Bertz CT molecular complexity index is 2030. The number of ether oxygens (including phenoxy) is 2. The van der Waals surface area contributed by atoms with E-state index in [1.807, 2.05) is 36.4 Å². The third-order valence-electron chi connectivity index (χ3n) is 8.99. The van der Waals surface area contributed by atoms with E-state index in [-0.39, 0.29) is 56.8 Å². The normalized spacial score (nSPS) is 11.2. The van der Waals surface area contributed by atoms with Crippen molar-refractivity contribution in [1.29, 1.82) is 0 Å². The number of amides is 4. The van der Waals surface area contributed by atoms with E-state index in [9.17, 15) is 24.3 Å². The molecule has 0 saturated carbocycles. The number of carbonyl (C=O) groups excluding carboxylic acids is 4. The largest absolute Gasteiger partial charge is 0.508 e. The van der Waals surface area contributed by atoms with Crippen LogP contribution in [0.3, 0.4) is 0 Å². The summed E-state index contributed by atoms with van der Waals surface area (Å²) in [7, 11) is 0. The number of nitrogens with one attached hydrogen (secondary N) is 2. The molecule has 1 atom stereocenters. The van der Waals surface area contributed by atoms with Gasteiger partial charge in [-0.1, -0.05) is 120 Å². The van der Waals surface area contributed by atoms with Crippen LogP contribution in [-0.4, -0.2) is 59.1 Å². The fraction of sp³-hybridized carbons (Fsp3) is 0.205. The van der Waals surface area contributed by atoms with Gasteiger partial charge in [-0.3, -0.25) is 25.2 Å². The highest BCUT2D eigenvalue weighted by Crippen LogP contribution is 2.31. The second-order valence-electron chi connectivity index (χ2n) is 13.1. The molecule has 0 fully saturated rings. The fourth-order valence-electron chi connectivity index (χ4n) is 6.03. The van der Waals surface area contributed by atoms with Crippen LogP contribution in [0.25, 0.3) is 0 Å². The lowest BCUT2D eigenvalue weighted by atomic mass is 9.89. The summed E-state index contributed by atoms with van der Waals surface area (Å²) >= 11 is 12.4. The minimum absolute atomic E-state index is 0.00513. The van der Waals surface area contributed by atoms with E-state index in [0.29, 0.717) is 27.6 Å². The molecular formula is C44H43Cl2N5O7. The molecule has 0 aliphatic heterocycles. The second kappa shape index (κ2) is 21.8. The van der Waals surface area contributed by atoms with Crippen LogP contribution >= 0.6 is 23.2 Å². The molecule has 4 amide bonds. The van der Waals surface area contributed by atoms with Crippen LogP contribution in [0, 0.1) is 0 Å². The molecule has 0 bridgehead atoms. The van der Waals surface area contributed by atoms with Crippen molar-refractivity contribution >= 4 is 53.2 Å². The Morgan fingerprint density at radius 2 is 1.16 bits per heavy atom. The maximum Gasteiger partial charge on any atom is 0.414 e. The van der Waals surface area contributed by atoms with Crippen molar-refractivity contribution in [3.8, 4) is 5.75 Å². The monoisotopic (exact) mass is 823 g/mol. The molecule has 300 valence electrons. The first-order valence-corrected chi connectivity index (χ1v) is 19.2. The third-order valence-corrected chi connectivity index (χ3v) is 9.50. The van der Waals surface area contributed by atoms with Crippen molar-refractivity contribution in [2.24, 2.45) is 10.7 Å². The summed E-state index contributed by atoms with van der Waals surface area (Å²) in [6.45, 7) is 0.0430. The average molecular weight is 825 g/mol. The summed E-state index contributed by atoms with van der Waals surface area (Å²) < 4.78 is 10.6. The summed E-state index contributed by atoms with van der Waals surface area (Å²) in [6, 6.07) is 37.3. The number of primary amides is 1. The highest BCUT2D eigenvalue weighted by molar-refractivity contribution is 6.30. The summed E-state index contributed by atoms with van der Waals surface area (Å²) in [6.07, 6.45) is -1.12. The Morgan fingerprint density at radius 3 is 1.62 bits per heavy atom. The molecule has 14 heteroatoms. The van der Waals surface area contributed by atoms with E-state index in [2.05, 4.69) is 15.6 Å². The number of aromatic hydroxyl groups is 1. The summed E-state index contributed by atoms with van der Waals surface area (Å²) in [4.78, 5) is 59.5. The Balaban J connectivity index is 1.36. The smallest absolute Gasteiger partial charge is 0.414 e. The second-order valence-corrected chi connectivity index (χ2v) is 14.0. The minimum atomic E-state index is -1.09. The van der Waals surface area contributed by atoms with E-state index in [4.69, 9.17) is 38.4 Å².